The van der Waals surface area contributed by atoms with Crippen molar-refractivity contribution in [2.24, 2.45) is 0 Å². The first kappa shape index (κ1) is 41.1. The highest BCUT2D eigenvalue weighted by Crippen LogP contribution is 2.68. The number of alkyl halides is 27. The first-order valence-corrected chi connectivity index (χ1v) is 9.15. The zero-order chi connectivity index (χ0) is 35.9. The summed E-state index contributed by atoms with van der Waals surface area (Å²) >= 11 is 0. The Bertz CT molecular complexity index is 983. The molecule has 28 heteroatoms. The van der Waals surface area contributed by atoms with E-state index in [0.717, 1.165) is 0 Å². The Morgan fingerprint density at radius 2 is 0.488 bits per heavy atom. The quantitative estimate of drug-likeness (QED) is 0.184. The third-order valence-corrected chi connectivity index (χ3v) is 5.15. The van der Waals surface area contributed by atoms with E-state index in [2.05, 4.69) is 4.74 Å². The summed E-state index contributed by atoms with van der Waals surface area (Å²) in [5, 5.41) is 0. The fourth-order valence-electron chi connectivity index (χ4n) is 2.61. The van der Waals surface area contributed by atoms with Gasteiger partial charge in [-0.05, 0) is 0 Å². The molecule has 0 amide bonds. The Hall–Kier alpha value is -1.93. The molecule has 0 bridgehead atoms. The van der Waals surface area contributed by atoms with Crippen molar-refractivity contribution in [1.29, 1.82) is 0 Å². The van der Waals surface area contributed by atoms with Crippen molar-refractivity contribution in [3.63, 3.8) is 0 Å². The minimum Gasteiger partial charge on any atom is -0.378 e. The predicted octanol–water partition coefficient (Wildman–Crippen LogP) is 8.82. The van der Waals surface area contributed by atoms with Gasteiger partial charge in [-0.25, -0.2) is 4.39 Å². The van der Waals surface area contributed by atoms with Gasteiger partial charge in [-0.2, -0.15) is 114 Å². The molecule has 0 saturated heterocycles. The normalized spacial score (nSPS) is 17.0. The van der Waals surface area contributed by atoms with Gasteiger partial charge in [0.2, 0.25) is 0 Å². The minimum atomic E-state index is -9.81. The topological polar surface area (TPSA) is 9.23 Å². The van der Waals surface area contributed by atoms with Crippen LogP contribution in [0.15, 0.2) is 0 Å². The predicted molar refractivity (Wildman–Crippen MR) is 77.3 cm³/mol. The molecule has 260 valence electrons. The summed E-state index contributed by atoms with van der Waals surface area (Å²) in [5.74, 6) is -91.6. The van der Waals surface area contributed by atoms with Crippen molar-refractivity contribution in [3.05, 3.63) is 0 Å². The van der Waals surface area contributed by atoms with Gasteiger partial charge in [0.1, 0.15) is 6.61 Å². The van der Waals surface area contributed by atoms with Crippen LogP contribution >= 0.6 is 0 Å². The van der Waals surface area contributed by atoms with Crippen LogP contribution in [0.1, 0.15) is 0 Å². The smallest absolute Gasteiger partial charge is 0.378 e. The third-order valence-electron chi connectivity index (χ3n) is 5.15. The highest BCUT2D eigenvalue weighted by Gasteiger charge is 3.01. The van der Waals surface area contributed by atoms with Crippen LogP contribution in [-0.4, -0.2) is 91.0 Å². The molecule has 0 radical (unpaired) electrons. The van der Waals surface area contributed by atoms with Crippen molar-refractivity contribution in [2.45, 2.75) is 77.2 Å². The monoisotopic (exact) mass is 714 g/mol. The first-order valence-electron chi connectivity index (χ1n) is 9.15. The van der Waals surface area contributed by atoms with E-state index in [1.165, 1.54) is 0 Å². The lowest BCUT2D eigenvalue weighted by Gasteiger charge is -2.46. The molecule has 0 heterocycles. The first-order chi connectivity index (χ1) is 18.1. The minimum absolute atomic E-state index is 0.148. The fourth-order valence-corrected chi connectivity index (χ4v) is 2.61. The van der Waals surface area contributed by atoms with Crippen molar-refractivity contribution >= 4 is 0 Å². The molecule has 0 N–H and O–H groups in total. The van der Waals surface area contributed by atoms with E-state index in [1.54, 1.807) is 0 Å². The van der Waals surface area contributed by atoms with E-state index in [0.29, 0.717) is 0 Å². The average molecular weight is 714 g/mol. The number of hydrogen-bond donors (Lipinski definition) is 0. The van der Waals surface area contributed by atoms with Gasteiger partial charge in [-0.3, -0.25) is 0 Å². The summed E-state index contributed by atoms with van der Waals surface area (Å²) < 4.78 is 361. The van der Waals surface area contributed by atoms with Crippen LogP contribution < -0.4 is 0 Å². The molecule has 0 aromatic heterocycles. The second-order valence-corrected chi connectivity index (χ2v) is 7.96. The molecule has 0 fully saturated rings. The molecule has 0 aliphatic carbocycles. The molecule has 0 aromatic rings. The Morgan fingerprint density at radius 1 is 0.302 bits per heavy atom. The van der Waals surface area contributed by atoms with E-state index in [-0.39, 0.29) is 7.11 Å². The van der Waals surface area contributed by atoms with Crippen molar-refractivity contribution < 1.29 is 123 Å². The van der Waals surface area contributed by atoms with Crippen molar-refractivity contribution in [3.8, 4) is 0 Å². The van der Waals surface area contributed by atoms with Crippen LogP contribution in [0, 0.1) is 0 Å². The van der Waals surface area contributed by atoms with Gasteiger partial charge >= 0.3 is 77.2 Å². The summed E-state index contributed by atoms with van der Waals surface area (Å²) in [7, 11) is -0.148. The summed E-state index contributed by atoms with van der Waals surface area (Å²) in [5.41, 5.74) is -9.21. The SMILES string of the molecule is COCC(F)(F)C(F)(F)C(F)(F)C(F)(F)C(F)(F)C(F)(F)C(F)(F)C(F)(F)C(F)(F)C(F)(F)C(F)(C(F)(F)F)C(F)(F)F. The van der Waals surface area contributed by atoms with Gasteiger partial charge < -0.3 is 4.74 Å². The van der Waals surface area contributed by atoms with E-state index < -0.39 is 83.9 Å². The highest BCUT2D eigenvalue weighted by atomic mass is 19.4. The number of hydrogen-bond acceptors (Lipinski definition) is 1. The van der Waals surface area contributed by atoms with Crippen LogP contribution in [0.25, 0.3) is 0 Å². The molecule has 1 nitrogen and oxygen atoms in total. The molecule has 43 heavy (non-hydrogen) atoms. The number of rotatable bonds is 12. The maximum Gasteiger partial charge on any atom is 0.438 e. The molecular formula is C15H5F27O. The van der Waals surface area contributed by atoms with E-state index in [9.17, 15) is 119 Å². The number of ether oxygens (including phenoxy) is 1. The van der Waals surface area contributed by atoms with Gasteiger partial charge in [-0.15, -0.1) is 0 Å². The van der Waals surface area contributed by atoms with Gasteiger partial charge in [0, 0.05) is 7.11 Å². The van der Waals surface area contributed by atoms with Crippen molar-refractivity contribution in [1.82, 2.24) is 0 Å². The van der Waals surface area contributed by atoms with E-state index in [4.69, 9.17) is 0 Å². The Balaban J connectivity index is 7.55. The van der Waals surface area contributed by atoms with E-state index >= 15 is 0 Å². The molecule has 0 aliphatic rings. The maximum atomic E-state index is 13.6. The lowest BCUT2D eigenvalue weighted by atomic mass is 9.82. The third kappa shape index (κ3) is 4.79. The van der Waals surface area contributed by atoms with Crippen LogP contribution in [-0.2, 0) is 4.74 Å². The molecule has 0 atom stereocenters. The van der Waals surface area contributed by atoms with Gasteiger partial charge in [-0.1, -0.05) is 0 Å². The van der Waals surface area contributed by atoms with Crippen LogP contribution in [0.5, 0.6) is 0 Å². The Labute approximate surface area is 215 Å². The second kappa shape index (κ2) is 10.0. The van der Waals surface area contributed by atoms with Gasteiger partial charge in [0.15, 0.2) is 0 Å². The van der Waals surface area contributed by atoms with Crippen molar-refractivity contribution in [2.75, 3.05) is 13.7 Å². The van der Waals surface area contributed by atoms with Crippen LogP contribution in [0.2, 0.25) is 0 Å². The van der Waals surface area contributed by atoms with E-state index in [1.807, 2.05) is 0 Å². The summed E-state index contributed by atoms with van der Waals surface area (Å²) in [6.45, 7) is -3.24. The largest absolute Gasteiger partial charge is 0.438 e. The standard InChI is InChI=1S/C15H5F27O/c1-43-2-3(16,17)5(19,20)7(23,24)9(27,28)11(31,32)13(35,36)12(33,34)10(29,30)8(25,26)6(21,22)4(18,14(37,38)39)15(40,41)42/h2H2,1H3. The number of halogens is 27. The lowest BCUT2D eigenvalue weighted by molar-refractivity contribution is -0.487. The van der Waals surface area contributed by atoms with Crippen LogP contribution in [0.4, 0.5) is 119 Å². The average Bonchev–Trinajstić information content (AvgIpc) is 2.75. The number of methoxy groups -OCH3 is 1. The maximum absolute atomic E-state index is 13.6. The lowest BCUT2D eigenvalue weighted by Crippen LogP contribution is -2.80. The fraction of sp³-hybridized carbons (Fsp3) is 1.00. The molecule has 0 spiro atoms. The Kier molecular flexibility index (Phi) is 9.59. The zero-order valence-corrected chi connectivity index (χ0v) is 18.8. The molecular weight excluding hydrogens is 709 g/mol. The summed E-state index contributed by atoms with van der Waals surface area (Å²) in [6, 6.07) is 0. The summed E-state index contributed by atoms with van der Waals surface area (Å²) in [6.07, 6.45) is -17.4. The Morgan fingerprint density at radius 3 is 0.674 bits per heavy atom. The van der Waals surface area contributed by atoms with Crippen LogP contribution in [0.3, 0.4) is 0 Å². The van der Waals surface area contributed by atoms with Gasteiger partial charge in [0.05, 0.1) is 0 Å². The molecule has 0 rings (SSSR count). The molecule has 0 saturated carbocycles. The van der Waals surface area contributed by atoms with Gasteiger partial charge in [0.25, 0.3) is 0 Å². The summed E-state index contributed by atoms with van der Waals surface area (Å²) in [4.78, 5) is 0. The molecule has 0 aliphatic heterocycles. The molecule has 0 unspecified atom stereocenters. The zero-order valence-electron chi connectivity index (χ0n) is 18.8. The second-order valence-electron chi connectivity index (χ2n) is 7.96. The highest BCUT2D eigenvalue weighted by molar-refractivity contribution is 5.21. The molecule has 0 aromatic carbocycles.